The van der Waals surface area contributed by atoms with Crippen molar-refractivity contribution in [3.63, 3.8) is 0 Å². The van der Waals surface area contributed by atoms with Crippen molar-refractivity contribution in [2.75, 3.05) is 7.11 Å². The Hall–Kier alpha value is -2.01. The number of hydrogen-bond donors (Lipinski definition) is 0. The van der Waals surface area contributed by atoms with E-state index >= 15 is 0 Å². The third kappa shape index (κ3) is 2.06. The number of methoxy groups -OCH3 is 1. The third-order valence-electron chi connectivity index (χ3n) is 2.99. The van der Waals surface area contributed by atoms with E-state index in [4.69, 9.17) is 4.74 Å². The van der Waals surface area contributed by atoms with E-state index < -0.39 is 0 Å². The van der Waals surface area contributed by atoms with Gasteiger partial charge in [0.05, 0.1) is 7.11 Å². The molecule has 0 saturated carbocycles. The first kappa shape index (κ1) is 12.0. The van der Waals surface area contributed by atoms with Gasteiger partial charge < -0.3 is 4.74 Å². The van der Waals surface area contributed by atoms with E-state index in [1.807, 2.05) is 26.1 Å². The number of rotatable bonds is 2. The average Bonchev–Trinajstić information content (AvgIpc) is 2.85. The van der Waals surface area contributed by atoms with Crippen molar-refractivity contribution in [1.29, 1.82) is 0 Å². The summed E-state index contributed by atoms with van der Waals surface area (Å²) < 4.78 is 5.44. The Morgan fingerprint density at radius 2 is 1.95 bits per heavy atom. The summed E-state index contributed by atoms with van der Waals surface area (Å²) >= 11 is 1.67. The zero-order valence-electron chi connectivity index (χ0n) is 11.0. The molecule has 0 atom stereocenters. The minimum atomic E-state index is 0.755. The number of aromatic nitrogens is 3. The van der Waals surface area contributed by atoms with E-state index in [9.17, 15) is 0 Å². The monoisotopic (exact) mass is 271 g/mol. The molecular formula is C14H13N3OS. The van der Waals surface area contributed by atoms with Crippen molar-refractivity contribution in [1.82, 2.24) is 15.0 Å². The highest BCUT2D eigenvalue weighted by atomic mass is 32.1. The third-order valence-corrected chi connectivity index (χ3v) is 3.95. The van der Waals surface area contributed by atoms with Gasteiger partial charge in [0.2, 0.25) is 0 Å². The SMILES string of the molecule is COc1cc(-c2ncc(C)s2)cc2c(C)ncnc12. The second kappa shape index (κ2) is 4.59. The van der Waals surface area contributed by atoms with Crippen LogP contribution < -0.4 is 4.74 Å². The lowest BCUT2D eigenvalue weighted by atomic mass is 10.1. The largest absolute Gasteiger partial charge is 0.494 e. The van der Waals surface area contributed by atoms with Gasteiger partial charge in [0.1, 0.15) is 22.6 Å². The molecule has 0 aliphatic rings. The maximum absolute atomic E-state index is 5.44. The van der Waals surface area contributed by atoms with Crippen LogP contribution in [-0.4, -0.2) is 22.1 Å². The quantitative estimate of drug-likeness (QED) is 0.717. The molecule has 96 valence electrons. The molecule has 0 fully saturated rings. The second-order valence-electron chi connectivity index (χ2n) is 4.31. The average molecular weight is 271 g/mol. The van der Waals surface area contributed by atoms with Gasteiger partial charge in [-0.25, -0.2) is 15.0 Å². The predicted molar refractivity (Wildman–Crippen MR) is 76.7 cm³/mol. The Balaban J connectivity index is 2.30. The smallest absolute Gasteiger partial charge is 0.145 e. The number of aryl methyl sites for hydroxylation is 2. The van der Waals surface area contributed by atoms with Crippen LogP contribution in [0.3, 0.4) is 0 Å². The molecule has 0 radical (unpaired) electrons. The van der Waals surface area contributed by atoms with Crippen LogP contribution in [0.4, 0.5) is 0 Å². The molecule has 2 heterocycles. The van der Waals surface area contributed by atoms with Crippen molar-refractivity contribution in [3.8, 4) is 16.3 Å². The minimum absolute atomic E-state index is 0.755. The topological polar surface area (TPSA) is 47.9 Å². The number of ether oxygens (including phenoxy) is 1. The molecule has 19 heavy (non-hydrogen) atoms. The van der Waals surface area contributed by atoms with Gasteiger partial charge in [-0.1, -0.05) is 0 Å². The standard InChI is InChI=1S/C14H13N3OS/c1-8-6-15-14(19-8)10-4-11-9(2)16-7-17-13(11)12(5-10)18-3/h4-7H,1-3H3. The van der Waals surface area contributed by atoms with E-state index in [1.54, 1.807) is 24.8 Å². The summed E-state index contributed by atoms with van der Waals surface area (Å²) in [6, 6.07) is 4.05. The second-order valence-corrected chi connectivity index (χ2v) is 5.54. The Morgan fingerprint density at radius 3 is 2.63 bits per heavy atom. The molecule has 4 nitrogen and oxygen atoms in total. The maximum atomic E-state index is 5.44. The van der Waals surface area contributed by atoms with Gasteiger partial charge in [-0.05, 0) is 26.0 Å². The number of nitrogens with zero attached hydrogens (tertiary/aromatic N) is 3. The Kier molecular flexibility index (Phi) is 2.91. The van der Waals surface area contributed by atoms with Gasteiger partial charge in [0.15, 0.2) is 0 Å². The molecule has 0 bridgehead atoms. The fourth-order valence-electron chi connectivity index (χ4n) is 2.03. The van der Waals surface area contributed by atoms with Crippen molar-refractivity contribution in [3.05, 3.63) is 35.2 Å². The highest BCUT2D eigenvalue weighted by molar-refractivity contribution is 7.14. The molecule has 3 aromatic rings. The first-order chi connectivity index (χ1) is 9.19. The van der Waals surface area contributed by atoms with Crippen LogP contribution in [0.25, 0.3) is 21.5 Å². The summed E-state index contributed by atoms with van der Waals surface area (Å²) in [5.41, 5.74) is 2.82. The van der Waals surface area contributed by atoms with Gasteiger partial charge in [-0.2, -0.15) is 0 Å². The van der Waals surface area contributed by atoms with E-state index in [1.165, 1.54) is 4.88 Å². The molecule has 2 aromatic heterocycles. The number of benzene rings is 1. The van der Waals surface area contributed by atoms with Crippen LogP contribution in [0.5, 0.6) is 5.75 Å². The molecular weight excluding hydrogens is 258 g/mol. The summed E-state index contributed by atoms with van der Waals surface area (Å²) in [7, 11) is 1.66. The molecule has 0 N–H and O–H groups in total. The summed E-state index contributed by atoms with van der Waals surface area (Å²) in [4.78, 5) is 14.1. The van der Waals surface area contributed by atoms with Crippen LogP contribution in [0.2, 0.25) is 0 Å². The van der Waals surface area contributed by atoms with Crippen molar-refractivity contribution in [2.45, 2.75) is 13.8 Å². The molecule has 0 unspecified atom stereocenters. The molecule has 0 saturated heterocycles. The molecule has 0 amide bonds. The minimum Gasteiger partial charge on any atom is -0.494 e. The lowest BCUT2D eigenvalue weighted by molar-refractivity contribution is 0.419. The number of fused-ring (bicyclic) bond motifs is 1. The molecule has 1 aromatic carbocycles. The summed E-state index contributed by atoms with van der Waals surface area (Å²) in [5, 5.41) is 1.99. The predicted octanol–water partition coefficient (Wildman–Crippen LogP) is 3.38. The van der Waals surface area contributed by atoms with E-state index in [0.717, 1.165) is 32.9 Å². The summed E-state index contributed by atoms with van der Waals surface area (Å²) in [6.07, 6.45) is 3.44. The van der Waals surface area contributed by atoms with Gasteiger partial charge >= 0.3 is 0 Å². The Bertz CT molecular complexity index is 752. The molecule has 0 aliphatic heterocycles. The normalized spacial score (nSPS) is 10.9. The van der Waals surface area contributed by atoms with Crippen LogP contribution in [0.1, 0.15) is 10.6 Å². The number of thiazole rings is 1. The molecule has 0 spiro atoms. The zero-order valence-corrected chi connectivity index (χ0v) is 11.8. The van der Waals surface area contributed by atoms with E-state index in [0.29, 0.717) is 0 Å². The fourth-order valence-corrected chi connectivity index (χ4v) is 2.78. The van der Waals surface area contributed by atoms with Crippen LogP contribution >= 0.6 is 11.3 Å². The molecule has 0 aliphatic carbocycles. The van der Waals surface area contributed by atoms with Gasteiger partial charge in [0, 0.05) is 27.7 Å². The van der Waals surface area contributed by atoms with Crippen LogP contribution in [-0.2, 0) is 0 Å². The first-order valence-corrected chi connectivity index (χ1v) is 6.73. The lowest BCUT2D eigenvalue weighted by Gasteiger charge is -2.08. The van der Waals surface area contributed by atoms with Crippen molar-refractivity contribution >= 4 is 22.2 Å². The van der Waals surface area contributed by atoms with Gasteiger partial charge in [-0.3, -0.25) is 0 Å². The van der Waals surface area contributed by atoms with Crippen LogP contribution in [0.15, 0.2) is 24.7 Å². The lowest BCUT2D eigenvalue weighted by Crippen LogP contribution is -1.93. The Morgan fingerprint density at radius 1 is 1.11 bits per heavy atom. The maximum Gasteiger partial charge on any atom is 0.145 e. The fraction of sp³-hybridized carbons (Fsp3) is 0.214. The summed E-state index contributed by atoms with van der Waals surface area (Å²) in [5.74, 6) is 0.755. The van der Waals surface area contributed by atoms with Gasteiger partial charge in [0.25, 0.3) is 0 Å². The van der Waals surface area contributed by atoms with E-state index in [2.05, 4.69) is 21.0 Å². The van der Waals surface area contributed by atoms with Crippen LogP contribution in [0, 0.1) is 13.8 Å². The zero-order chi connectivity index (χ0) is 13.4. The summed E-state index contributed by atoms with van der Waals surface area (Å²) in [6.45, 7) is 4.02. The number of hydrogen-bond acceptors (Lipinski definition) is 5. The first-order valence-electron chi connectivity index (χ1n) is 5.91. The Labute approximate surface area is 115 Å². The van der Waals surface area contributed by atoms with Crippen molar-refractivity contribution in [2.24, 2.45) is 0 Å². The van der Waals surface area contributed by atoms with Crippen molar-refractivity contribution < 1.29 is 4.74 Å². The van der Waals surface area contributed by atoms with Gasteiger partial charge in [-0.15, -0.1) is 11.3 Å². The molecule has 5 heteroatoms. The highest BCUT2D eigenvalue weighted by Gasteiger charge is 2.11. The highest BCUT2D eigenvalue weighted by Crippen LogP contribution is 2.33. The molecule has 3 rings (SSSR count). The van der Waals surface area contributed by atoms with E-state index in [-0.39, 0.29) is 0 Å².